The van der Waals surface area contributed by atoms with Gasteiger partial charge in [0, 0.05) is 18.8 Å². The van der Waals surface area contributed by atoms with E-state index in [4.69, 9.17) is 9.84 Å². The van der Waals surface area contributed by atoms with E-state index >= 15 is 0 Å². The van der Waals surface area contributed by atoms with Crippen LogP contribution in [0.2, 0.25) is 0 Å². The second-order valence-corrected chi connectivity index (χ2v) is 7.63. The molecule has 2 aliphatic rings. The summed E-state index contributed by atoms with van der Waals surface area (Å²) >= 11 is 0. The van der Waals surface area contributed by atoms with Crippen LogP contribution in [0.1, 0.15) is 69.8 Å². The van der Waals surface area contributed by atoms with Crippen LogP contribution in [0.15, 0.2) is 6.07 Å². The van der Waals surface area contributed by atoms with Gasteiger partial charge in [0.2, 0.25) is 0 Å². The van der Waals surface area contributed by atoms with Gasteiger partial charge in [-0.05, 0) is 59.1 Å². The lowest BCUT2D eigenvalue weighted by molar-refractivity contribution is -0.0680. The third kappa shape index (κ3) is 4.57. The summed E-state index contributed by atoms with van der Waals surface area (Å²) in [6.07, 6.45) is 9.79. The van der Waals surface area contributed by atoms with E-state index in [0.29, 0.717) is 18.2 Å². The number of ether oxygens (including phenoxy) is 1. The topological polar surface area (TPSA) is 30.3 Å². The molecule has 0 radical (unpaired) electrons. The van der Waals surface area contributed by atoms with Gasteiger partial charge in [0.1, 0.15) is 0 Å². The van der Waals surface area contributed by atoms with E-state index in [-0.39, 0.29) is 0 Å². The van der Waals surface area contributed by atoms with E-state index in [9.17, 15) is 0 Å². The summed E-state index contributed by atoms with van der Waals surface area (Å²) in [6, 6.07) is 2.96. The fourth-order valence-corrected chi connectivity index (χ4v) is 4.32. The molecule has 0 bridgehead atoms. The molecule has 23 heavy (non-hydrogen) atoms. The van der Waals surface area contributed by atoms with Gasteiger partial charge in [-0.2, -0.15) is 5.10 Å². The lowest BCUT2D eigenvalue weighted by Gasteiger charge is -2.35. The maximum atomic E-state index is 5.81. The zero-order valence-corrected chi connectivity index (χ0v) is 15.1. The Bertz CT molecular complexity index is 483. The second kappa shape index (κ2) is 7.80. The van der Waals surface area contributed by atoms with Crippen LogP contribution in [0.25, 0.3) is 0 Å². The van der Waals surface area contributed by atoms with Gasteiger partial charge in [0.05, 0.1) is 23.9 Å². The van der Waals surface area contributed by atoms with Gasteiger partial charge in [-0.25, -0.2) is 0 Å². The van der Waals surface area contributed by atoms with Crippen molar-refractivity contribution in [3.05, 3.63) is 17.5 Å². The number of aryl methyl sites for hydroxylation is 2. The van der Waals surface area contributed by atoms with Crippen LogP contribution in [-0.2, 0) is 11.2 Å². The molecular weight excluding hydrogens is 286 g/mol. The first kappa shape index (κ1) is 17.0. The zero-order valence-electron chi connectivity index (χ0n) is 15.1. The molecule has 2 unspecified atom stereocenters. The highest BCUT2D eigenvalue weighted by molar-refractivity contribution is 5.10. The highest BCUT2D eigenvalue weighted by Gasteiger charge is 2.22. The van der Waals surface area contributed by atoms with Crippen molar-refractivity contribution >= 4 is 0 Å². The predicted octanol–water partition coefficient (Wildman–Crippen LogP) is 3.74. The minimum Gasteiger partial charge on any atom is -0.373 e. The first-order chi connectivity index (χ1) is 11.1. The van der Waals surface area contributed by atoms with E-state index in [2.05, 4.69) is 36.4 Å². The predicted molar refractivity (Wildman–Crippen MR) is 93.9 cm³/mol. The molecule has 1 aromatic rings. The van der Waals surface area contributed by atoms with E-state index in [1.165, 1.54) is 49.9 Å². The second-order valence-electron chi connectivity index (χ2n) is 7.63. The highest BCUT2D eigenvalue weighted by atomic mass is 16.5. The summed E-state index contributed by atoms with van der Waals surface area (Å²) in [7, 11) is 0. The van der Waals surface area contributed by atoms with Crippen LogP contribution in [0.5, 0.6) is 0 Å². The molecule has 2 heterocycles. The number of rotatable bonds is 5. The molecule has 3 rings (SSSR count). The molecule has 130 valence electrons. The molecule has 1 aromatic heterocycles. The fraction of sp³-hybridized carbons (Fsp3) is 0.842. The normalized spacial score (nSPS) is 27.4. The van der Waals surface area contributed by atoms with Crippen molar-refractivity contribution in [2.45, 2.75) is 84.0 Å². The van der Waals surface area contributed by atoms with Crippen molar-refractivity contribution in [3.63, 3.8) is 0 Å². The van der Waals surface area contributed by atoms with Gasteiger partial charge >= 0.3 is 0 Å². The molecule has 0 N–H and O–H groups in total. The number of nitrogens with zero attached hydrogens (tertiary/aromatic N) is 3. The fourth-order valence-electron chi connectivity index (χ4n) is 4.32. The largest absolute Gasteiger partial charge is 0.373 e. The Morgan fingerprint density at radius 1 is 1.13 bits per heavy atom. The summed E-state index contributed by atoms with van der Waals surface area (Å²) in [5.41, 5.74) is 2.63. The van der Waals surface area contributed by atoms with Crippen LogP contribution in [0, 0.1) is 6.92 Å². The number of hydrogen-bond acceptors (Lipinski definition) is 3. The van der Waals surface area contributed by atoms with Gasteiger partial charge in [-0.1, -0.05) is 19.3 Å². The highest BCUT2D eigenvalue weighted by Crippen LogP contribution is 2.28. The minimum absolute atomic E-state index is 0.367. The van der Waals surface area contributed by atoms with Crippen LogP contribution in [-0.4, -0.2) is 46.5 Å². The van der Waals surface area contributed by atoms with Crippen LogP contribution >= 0.6 is 0 Å². The molecule has 2 atom stereocenters. The molecule has 1 aliphatic heterocycles. The number of morpholine rings is 1. The quantitative estimate of drug-likeness (QED) is 0.828. The molecule has 4 nitrogen and oxygen atoms in total. The van der Waals surface area contributed by atoms with Crippen molar-refractivity contribution in [1.82, 2.24) is 14.7 Å². The Morgan fingerprint density at radius 2 is 1.83 bits per heavy atom. The molecule has 0 spiro atoms. The molecular formula is C19H33N3O. The van der Waals surface area contributed by atoms with E-state index < -0.39 is 0 Å². The van der Waals surface area contributed by atoms with E-state index in [1.54, 1.807) is 0 Å². The average molecular weight is 319 g/mol. The van der Waals surface area contributed by atoms with Crippen molar-refractivity contribution in [3.8, 4) is 0 Å². The Labute approximate surface area is 141 Å². The first-order valence-corrected chi connectivity index (χ1v) is 9.54. The first-order valence-electron chi connectivity index (χ1n) is 9.54. The Kier molecular flexibility index (Phi) is 5.76. The zero-order chi connectivity index (χ0) is 16.2. The summed E-state index contributed by atoms with van der Waals surface area (Å²) < 4.78 is 8.12. The summed E-state index contributed by atoms with van der Waals surface area (Å²) in [6.45, 7) is 9.87. The van der Waals surface area contributed by atoms with Gasteiger partial charge in [-0.3, -0.25) is 9.58 Å². The average Bonchev–Trinajstić information content (AvgIpc) is 2.88. The van der Waals surface area contributed by atoms with E-state index in [0.717, 1.165) is 26.1 Å². The SMILES string of the molecule is Cc1cc(CCCN2CC(C)OC(C)C2)nn1C1CCCCC1. The van der Waals surface area contributed by atoms with Gasteiger partial charge in [-0.15, -0.1) is 0 Å². The Morgan fingerprint density at radius 3 is 2.52 bits per heavy atom. The smallest absolute Gasteiger partial charge is 0.0678 e. The van der Waals surface area contributed by atoms with Crippen molar-refractivity contribution in [2.75, 3.05) is 19.6 Å². The molecule has 0 aromatic carbocycles. The molecule has 1 aliphatic carbocycles. The maximum absolute atomic E-state index is 5.81. The standard InChI is InChI=1S/C19H33N3O/c1-15-12-18(20-22(15)19-9-5-4-6-10-19)8-7-11-21-13-16(2)23-17(3)14-21/h12,16-17,19H,4-11,13-14H2,1-3H3. The van der Waals surface area contributed by atoms with Gasteiger partial charge in [0.25, 0.3) is 0 Å². The number of aromatic nitrogens is 2. The van der Waals surface area contributed by atoms with Crippen molar-refractivity contribution in [1.29, 1.82) is 0 Å². The molecule has 4 heteroatoms. The molecule has 0 amide bonds. The molecule has 1 saturated carbocycles. The third-order valence-corrected chi connectivity index (χ3v) is 5.30. The third-order valence-electron chi connectivity index (χ3n) is 5.30. The van der Waals surface area contributed by atoms with Crippen molar-refractivity contribution < 1.29 is 4.74 Å². The monoisotopic (exact) mass is 319 g/mol. The van der Waals surface area contributed by atoms with Crippen LogP contribution in [0.3, 0.4) is 0 Å². The van der Waals surface area contributed by atoms with Crippen LogP contribution in [0.4, 0.5) is 0 Å². The minimum atomic E-state index is 0.367. The van der Waals surface area contributed by atoms with Crippen molar-refractivity contribution in [2.24, 2.45) is 0 Å². The van der Waals surface area contributed by atoms with Crippen LogP contribution < -0.4 is 0 Å². The summed E-state index contributed by atoms with van der Waals surface area (Å²) in [4.78, 5) is 2.55. The lowest BCUT2D eigenvalue weighted by Crippen LogP contribution is -2.45. The lowest BCUT2D eigenvalue weighted by atomic mass is 9.95. The van der Waals surface area contributed by atoms with E-state index in [1.807, 2.05) is 0 Å². The Hall–Kier alpha value is -0.870. The maximum Gasteiger partial charge on any atom is 0.0678 e. The van der Waals surface area contributed by atoms with Gasteiger partial charge in [0.15, 0.2) is 0 Å². The molecule has 2 fully saturated rings. The number of hydrogen-bond donors (Lipinski definition) is 0. The molecule has 1 saturated heterocycles. The van der Waals surface area contributed by atoms with Gasteiger partial charge < -0.3 is 4.74 Å². The summed E-state index contributed by atoms with van der Waals surface area (Å²) in [5, 5.41) is 4.92. The Balaban J connectivity index is 1.48. The summed E-state index contributed by atoms with van der Waals surface area (Å²) in [5.74, 6) is 0.